The molecule has 0 spiro atoms. The summed E-state index contributed by atoms with van der Waals surface area (Å²) >= 11 is 0. The molecule has 2 unspecified atom stereocenters. The largest absolute Gasteiger partial charge is 0.384 e. The van der Waals surface area contributed by atoms with Crippen LogP contribution in [0, 0.1) is 5.92 Å². The van der Waals surface area contributed by atoms with E-state index >= 15 is 0 Å². The monoisotopic (exact) mass is 247 g/mol. The molecule has 0 amide bonds. The van der Waals surface area contributed by atoms with Crippen LogP contribution in [0.15, 0.2) is 18.3 Å². The van der Waals surface area contributed by atoms with Gasteiger partial charge in [0.05, 0.1) is 0 Å². The summed E-state index contributed by atoms with van der Waals surface area (Å²) in [6.07, 6.45) is 9.69. The smallest absolute Gasteiger partial charge is 0.123 e. The number of nitrogens with zero attached hydrogens (tertiary/aromatic N) is 1. The van der Waals surface area contributed by atoms with E-state index in [1.807, 2.05) is 12.3 Å². The van der Waals surface area contributed by atoms with E-state index in [2.05, 4.69) is 23.3 Å². The first-order valence-electron chi connectivity index (χ1n) is 7.21. The highest BCUT2D eigenvalue weighted by atomic mass is 14.9. The minimum atomic E-state index is 0.643. The lowest BCUT2D eigenvalue weighted by Gasteiger charge is -2.20. The number of hydrogen-bond donors (Lipinski definition) is 2. The van der Waals surface area contributed by atoms with Gasteiger partial charge in [-0.25, -0.2) is 4.98 Å². The molecule has 3 heteroatoms. The minimum absolute atomic E-state index is 0.643. The highest BCUT2D eigenvalue weighted by Crippen LogP contribution is 2.26. The molecule has 1 heterocycles. The standard InChI is InChI=1S/C15H25N3/c1-2-17-14-6-4-3-5-12(10-14)9-13-7-8-18-15(16)11-13/h7-8,11-12,14,17H,2-6,9-10H2,1H3,(H2,16,18). The molecule has 1 aromatic rings. The first-order valence-corrected chi connectivity index (χ1v) is 7.21. The van der Waals surface area contributed by atoms with E-state index in [0.29, 0.717) is 11.9 Å². The van der Waals surface area contributed by atoms with Crippen molar-refractivity contribution >= 4 is 5.82 Å². The van der Waals surface area contributed by atoms with Gasteiger partial charge in [-0.3, -0.25) is 0 Å². The number of hydrogen-bond acceptors (Lipinski definition) is 3. The molecule has 1 fully saturated rings. The summed E-state index contributed by atoms with van der Waals surface area (Å²) in [4.78, 5) is 4.06. The average molecular weight is 247 g/mol. The van der Waals surface area contributed by atoms with Gasteiger partial charge in [0.25, 0.3) is 0 Å². The van der Waals surface area contributed by atoms with E-state index < -0.39 is 0 Å². The van der Waals surface area contributed by atoms with Crippen LogP contribution in [0.3, 0.4) is 0 Å². The van der Waals surface area contributed by atoms with Gasteiger partial charge < -0.3 is 11.1 Å². The fraction of sp³-hybridized carbons (Fsp3) is 0.667. The highest BCUT2D eigenvalue weighted by molar-refractivity contribution is 5.31. The normalized spacial score (nSPS) is 24.7. The van der Waals surface area contributed by atoms with Gasteiger partial charge in [0, 0.05) is 12.2 Å². The summed E-state index contributed by atoms with van der Waals surface area (Å²) in [7, 11) is 0. The van der Waals surface area contributed by atoms with Crippen LogP contribution in [-0.4, -0.2) is 17.6 Å². The van der Waals surface area contributed by atoms with Crippen molar-refractivity contribution in [2.75, 3.05) is 12.3 Å². The number of rotatable bonds is 4. The maximum atomic E-state index is 5.75. The van der Waals surface area contributed by atoms with Gasteiger partial charge in [0.2, 0.25) is 0 Å². The Labute approximate surface area is 110 Å². The summed E-state index contributed by atoms with van der Waals surface area (Å²) < 4.78 is 0. The van der Waals surface area contributed by atoms with Crippen molar-refractivity contribution in [2.45, 2.75) is 51.5 Å². The number of pyridine rings is 1. The Kier molecular flexibility index (Phi) is 5.00. The van der Waals surface area contributed by atoms with Gasteiger partial charge in [-0.05, 0) is 49.4 Å². The quantitative estimate of drug-likeness (QED) is 0.804. The van der Waals surface area contributed by atoms with Crippen molar-refractivity contribution in [3.05, 3.63) is 23.9 Å². The van der Waals surface area contributed by atoms with Crippen LogP contribution in [0.1, 0.15) is 44.6 Å². The summed E-state index contributed by atoms with van der Waals surface area (Å²) in [5.74, 6) is 1.43. The zero-order chi connectivity index (χ0) is 12.8. The lowest BCUT2D eigenvalue weighted by molar-refractivity contribution is 0.389. The molecule has 0 aromatic carbocycles. The predicted molar refractivity (Wildman–Crippen MR) is 76.4 cm³/mol. The molecule has 18 heavy (non-hydrogen) atoms. The summed E-state index contributed by atoms with van der Waals surface area (Å²) in [6, 6.07) is 4.83. The van der Waals surface area contributed by atoms with Crippen LogP contribution in [-0.2, 0) is 6.42 Å². The number of nitrogens with two attached hydrogens (primary N) is 1. The van der Waals surface area contributed by atoms with Crippen LogP contribution in [0.2, 0.25) is 0 Å². The first-order chi connectivity index (χ1) is 8.78. The summed E-state index contributed by atoms with van der Waals surface area (Å²) in [5.41, 5.74) is 7.08. The Morgan fingerprint density at radius 3 is 3.00 bits per heavy atom. The van der Waals surface area contributed by atoms with Gasteiger partial charge in [0.15, 0.2) is 0 Å². The van der Waals surface area contributed by atoms with Gasteiger partial charge in [-0.2, -0.15) is 0 Å². The SMILES string of the molecule is CCNC1CCCCC(Cc2ccnc(N)c2)C1. The molecule has 3 N–H and O–H groups in total. The van der Waals surface area contributed by atoms with Crippen molar-refractivity contribution in [3.8, 4) is 0 Å². The molecule has 0 saturated heterocycles. The second-order valence-corrected chi connectivity index (χ2v) is 5.43. The zero-order valence-corrected chi connectivity index (χ0v) is 11.4. The van der Waals surface area contributed by atoms with Crippen molar-refractivity contribution in [1.82, 2.24) is 10.3 Å². The minimum Gasteiger partial charge on any atom is -0.384 e. The maximum Gasteiger partial charge on any atom is 0.123 e. The highest BCUT2D eigenvalue weighted by Gasteiger charge is 2.19. The second kappa shape index (κ2) is 6.74. The maximum absolute atomic E-state index is 5.75. The molecule has 1 aliphatic carbocycles. The topological polar surface area (TPSA) is 50.9 Å². The lowest BCUT2D eigenvalue weighted by atomic mass is 9.91. The molecule has 3 nitrogen and oxygen atoms in total. The molecule has 0 bridgehead atoms. The van der Waals surface area contributed by atoms with E-state index in [4.69, 9.17) is 5.73 Å². The molecule has 2 rings (SSSR count). The van der Waals surface area contributed by atoms with Crippen molar-refractivity contribution in [3.63, 3.8) is 0 Å². The predicted octanol–water partition coefficient (Wildman–Crippen LogP) is 2.76. The summed E-state index contributed by atoms with van der Waals surface area (Å²) in [6.45, 7) is 3.28. The Morgan fingerprint density at radius 1 is 1.39 bits per heavy atom. The molecule has 0 aliphatic heterocycles. The molecule has 1 aliphatic rings. The number of aromatic nitrogens is 1. The van der Waals surface area contributed by atoms with Crippen LogP contribution >= 0.6 is 0 Å². The Hall–Kier alpha value is -1.09. The van der Waals surface area contributed by atoms with E-state index in [9.17, 15) is 0 Å². The van der Waals surface area contributed by atoms with Crippen LogP contribution in [0.4, 0.5) is 5.82 Å². The van der Waals surface area contributed by atoms with Crippen LogP contribution < -0.4 is 11.1 Å². The van der Waals surface area contributed by atoms with E-state index in [-0.39, 0.29) is 0 Å². The summed E-state index contributed by atoms with van der Waals surface area (Å²) in [5, 5.41) is 3.61. The molecule has 1 aromatic heterocycles. The molecular formula is C15H25N3. The third kappa shape index (κ3) is 3.98. The van der Waals surface area contributed by atoms with Crippen molar-refractivity contribution < 1.29 is 0 Å². The second-order valence-electron chi connectivity index (χ2n) is 5.43. The van der Waals surface area contributed by atoms with Crippen LogP contribution in [0.25, 0.3) is 0 Å². The molecule has 2 atom stereocenters. The van der Waals surface area contributed by atoms with Gasteiger partial charge >= 0.3 is 0 Å². The number of anilines is 1. The van der Waals surface area contributed by atoms with Crippen LogP contribution in [0.5, 0.6) is 0 Å². The third-order valence-corrected chi connectivity index (χ3v) is 3.90. The molecule has 0 radical (unpaired) electrons. The van der Waals surface area contributed by atoms with E-state index in [1.54, 1.807) is 0 Å². The number of nitrogens with one attached hydrogen (secondary N) is 1. The van der Waals surface area contributed by atoms with Gasteiger partial charge in [0.1, 0.15) is 5.82 Å². The first kappa shape index (κ1) is 13.3. The average Bonchev–Trinajstić information content (AvgIpc) is 2.55. The van der Waals surface area contributed by atoms with Gasteiger partial charge in [-0.1, -0.05) is 26.2 Å². The third-order valence-electron chi connectivity index (χ3n) is 3.90. The van der Waals surface area contributed by atoms with Gasteiger partial charge in [-0.15, -0.1) is 0 Å². The fourth-order valence-electron chi connectivity index (χ4n) is 3.08. The Morgan fingerprint density at radius 2 is 2.22 bits per heavy atom. The molecular weight excluding hydrogens is 222 g/mol. The molecule has 1 saturated carbocycles. The number of nitrogen functional groups attached to an aromatic ring is 1. The van der Waals surface area contributed by atoms with Crippen molar-refractivity contribution in [1.29, 1.82) is 0 Å². The van der Waals surface area contributed by atoms with E-state index in [0.717, 1.165) is 18.9 Å². The Bertz CT molecular complexity index is 365. The Balaban J connectivity index is 1.94. The van der Waals surface area contributed by atoms with E-state index in [1.165, 1.54) is 37.7 Å². The lowest BCUT2D eigenvalue weighted by Crippen LogP contribution is -2.30. The fourth-order valence-corrected chi connectivity index (χ4v) is 3.08. The molecule has 100 valence electrons. The zero-order valence-electron chi connectivity index (χ0n) is 11.4. The van der Waals surface area contributed by atoms with Crippen molar-refractivity contribution in [2.24, 2.45) is 5.92 Å².